The zero-order valence-corrected chi connectivity index (χ0v) is 14.0. The molecule has 3 unspecified atom stereocenters. The molecule has 1 N–H and O–H groups in total. The molecule has 1 rings (SSSR count). The SMILES string of the molecule is CC(/C=C/C(O)(C(C)C)C(C)(C)C)OC1CCCCO1. The van der Waals surface area contributed by atoms with Gasteiger partial charge in [-0.15, -0.1) is 0 Å². The molecule has 0 bridgehead atoms. The Morgan fingerprint density at radius 2 is 1.85 bits per heavy atom. The van der Waals surface area contributed by atoms with Crippen LogP contribution in [-0.4, -0.2) is 29.7 Å². The topological polar surface area (TPSA) is 38.7 Å². The molecule has 3 atom stereocenters. The quantitative estimate of drug-likeness (QED) is 0.778. The van der Waals surface area contributed by atoms with Gasteiger partial charge in [-0.2, -0.15) is 0 Å². The van der Waals surface area contributed by atoms with Gasteiger partial charge in [-0.05, 0) is 37.5 Å². The molecule has 1 aliphatic heterocycles. The van der Waals surface area contributed by atoms with Gasteiger partial charge in [-0.3, -0.25) is 0 Å². The van der Waals surface area contributed by atoms with Gasteiger partial charge < -0.3 is 14.6 Å². The van der Waals surface area contributed by atoms with Crippen LogP contribution in [-0.2, 0) is 9.47 Å². The molecule has 20 heavy (non-hydrogen) atoms. The van der Waals surface area contributed by atoms with Gasteiger partial charge in [0.25, 0.3) is 0 Å². The fourth-order valence-electron chi connectivity index (χ4n) is 2.69. The van der Waals surface area contributed by atoms with Crippen molar-refractivity contribution in [2.75, 3.05) is 6.61 Å². The fourth-order valence-corrected chi connectivity index (χ4v) is 2.69. The summed E-state index contributed by atoms with van der Waals surface area (Å²) >= 11 is 0. The van der Waals surface area contributed by atoms with E-state index in [0.29, 0.717) is 0 Å². The lowest BCUT2D eigenvalue weighted by atomic mass is 9.70. The van der Waals surface area contributed by atoms with E-state index < -0.39 is 5.60 Å². The van der Waals surface area contributed by atoms with Crippen molar-refractivity contribution in [3.8, 4) is 0 Å². The van der Waals surface area contributed by atoms with E-state index in [1.165, 1.54) is 6.42 Å². The maximum atomic E-state index is 10.9. The maximum absolute atomic E-state index is 10.9. The molecule has 3 nitrogen and oxygen atoms in total. The van der Waals surface area contributed by atoms with Gasteiger partial charge in [-0.1, -0.05) is 46.8 Å². The van der Waals surface area contributed by atoms with Crippen molar-refractivity contribution in [1.82, 2.24) is 0 Å². The first-order valence-electron chi connectivity index (χ1n) is 7.85. The highest BCUT2D eigenvalue weighted by atomic mass is 16.7. The molecule has 0 spiro atoms. The Morgan fingerprint density at radius 3 is 2.30 bits per heavy atom. The molecular weight excluding hydrogens is 252 g/mol. The predicted octanol–water partition coefficient (Wildman–Crippen LogP) is 3.91. The van der Waals surface area contributed by atoms with Crippen LogP contribution in [0.4, 0.5) is 0 Å². The highest BCUT2D eigenvalue weighted by Crippen LogP contribution is 2.37. The number of rotatable bonds is 5. The van der Waals surface area contributed by atoms with E-state index in [1.807, 2.05) is 32.9 Å². The Morgan fingerprint density at radius 1 is 1.20 bits per heavy atom. The average molecular weight is 284 g/mol. The zero-order chi connectivity index (χ0) is 15.4. The fraction of sp³-hybridized carbons (Fsp3) is 0.882. The summed E-state index contributed by atoms with van der Waals surface area (Å²) in [5, 5.41) is 10.9. The summed E-state index contributed by atoms with van der Waals surface area (Å²) in [5.74, 6) is 0.150. The Kier molecular flexibility index (Phi) is 6.24. The predicted molar refractivity (Wildman–Crippen MR) is 82.5 cm³/mol. The molecule has 0 radical (unpaired) electrons. The lowest BCUT2D eigenvalue weighted by Gasteiger charge is -2.41. The first-order valence-corrected chi connectivity index (χ1v) is 7.85. The maximum Gasteiger partial charge on any atom is 0.158 e. The number of ether oxygens (including phenoxy) is 2. The van der Waals surface area contributed by atoms with Crippen LogP contribution >= 0.6 is 0 Å². The molecule has 0 aromatic heterocycles. The number of aliphatic hydroxyl groups is 1. The van der Waals surface area contributed by atoms with Crippen molar-refractivity contribution >= 4 is 0 Å². The highest BCUT2D eigenvalue weighted by Gasteiger charge is 2.40. The molecule has 1 heterocycles. The summed E-state index contributed by atoms with van der Waals surface area (Å²) < 4.78 is 11.4. The standard InChI is InChI=1S/C17H32O3/c1-13(2)17(18,16(4,5)6)11-10-14(3)20-15-9-7-8-12-19-15/h10-11,13-15,18H,7-9,12H2,1-6H3/b11-10+. The zero-order valence-electron chi connectivity index (χ0n) is 14.0. The summed E-state index contributed by atoms with van der Waals surface area (Å²) in [6.07, 6.45) is 6.98. The molecule has 0 aromatic rings. The van der Waals surface area contributed by atoms with E-state index in [9.17, 15) is 5.11 Å². The third-order valence-electron chi connectivity index (χ3n) is 4.21. The van der Waals surface area contributed by atoms with Gasteiger partial charge >= 0.3 is 0 Å². The van der Waals surface area contributed by atoms with E-state index in [0.717, 1.165) is 19.4 Å². The van der Waals surface area contributed by atoms with E-state index in [1.54, 1.807) is 0 Å². The Labute approximate surface area is 124 Å². The third-order valence-corrected chi connectivity index (χ3v) is 4.21. The summed E-state index contributed by atoms with van der Waals surface area (Å²) in [4.78, 5) is 0. The number of hydrogen-bond acceptors (Lipinski definition) is 3. The Hall–Kier alpha value is -0.380. The smallest absolute Gasteiger partial charge is 0.158 e. The molecule has 1 saturated heterocycles. The van der Waals surface area contributed by atoms with E-state index in [-0.39, 0.29) is 23.7 Å². The average Bonchev–Trinajstić information content (AvgIpc) is 2.35. The van der Waals surface area contributed by atoms with E-state index in [2.05, 4.69) is 20.8 Å². The third kappa shape index (κ3) is 4.57. The van der Waals surface area contributed by atoms with Crippen molar-refractivity contribution in [2.45, 2.75) is 78.8 Å². The summed E-state index contributed by atoms with van der Waals surface area (Å²) in [6, 6.07) is 0. The second-order valence-electron chi connectivity index (χ2n) is 7.23. The van der Waals surface area contributed by atoms with Gasteiger partial charge in [0.2, 0.25) is 0 Å². The largest absolute Gasteiger partial charge is 0.385 e. The van der Waals surface area contributed by atoms with Gasteiger partial charge in [0, 0.05) is 6.61 Å². The van der Waals surface area contributed by atoms with Crippen LogP contribution in [0.3, 0.4) is 0 Å². The Balaban J connectivity index is 2.63. The lowest BCUT2D eigenvalue weighted by molar-refractivity contribution is -0.175. The molecular formula is C17H32O3. The normalized spacial score (nSPS) is 25.9. The minimum atomic E-state index is -0.835. The minimum Gasteiger partial charge on any atom is -0.385 e. The van der Waals surface area contributed by atoms with Gasteiger partial charge in [0.15, 0.2) is 6.29 Å². The molecule has 3 heteroatoms. The molecule has 1 fully saturated rings. The summed E-state index contributed by atoms with van der Waals surface area (Å²) in [7, 11) is 0. The first-order chi connectivity index (χ1) is 9.17. The van der Waals surface area contributed by atoms with Crippen molar-refractivity contribution in [3.05, 3.63) is 12.2 Å². The monoisotopic (exact) mass is 284 g/mol. The van der Waals surface area contributed by atoms with E-state index in [4.69, 9.17) is 9.47 Å². The molecule has 1 aliphatic rings. The second kappa shape index (κ2) is 7.06. The van der Waals surface area contributed by atoms with Crippen LogP contribution in [0.5, 0.6) is 0 Å². The van der Waals surface area contributed by atoms with Crippen LogP contribution in [0.1, 0.15) is 60.8 Å². The van der Waals surface area contributed by atoms with Gasteiger partial charge in [0.05, 0.1) is 11.7 Å². The van der Waals surface area contributed by atoms with Crippen LogP contribution in [0.15, 0.2) is 12.2 Å². The van der Waals surface area contributed by atoms with Crippen LogP contribution in [0.25, 0.3) is 0 Å². The summed E-state index contributed by atoms with van der Waals surface area (Å²) in [6.45, 7) is 13.1. The van der Waals surface area contributed by atoms with Crippen LogP contribution in [0.2, 0.25) is 0 Å². The Bertz CT molecular complexity index is 311. The van der Waals surface area contributed by atoms with Crippen LogP contribution in [0, 0.1) is 11.3 Å². The molecule has 0 aliphatic carbocycles. The second-order valence-corrected chi connectivity index (χ2v) is 7.23. The highest BCUT2D eigenvalue weighted by molar-refractivity contribution is 5.10. The van der Waals surface area contributed by atoms with Gasteiger partial charge in [0.1, 0.15) is 0 Å². The first kappa shape index (κ1) is 17.7. The molecule has 0 amide bonds. The molecule has 118 valence electrons. The molecule has 0 saturated carbocycles. The minimum absolute atomic E-state index is 0.0503. The van der Waals surface area contributed by atoms with Crippen molar-refractivity contribution in [3.63, 3.8) is 0 Å². The van der Waals surface area contributed by atoms with Crippen molar-refractivity contribution in [1.29, 1.82) is 0 Å². The lowest BCUT2D eigenvalue weighted by Crippen LogP contribution is -2.45. The van der Waals surface area contributed by atoms with Crippen LogP contribution < -0.4 is 0 Å². The van der Waals surface area contributed by atoms with E-state index >= 15 is 0 Å². The van der Waals surface area contributed by atoms with Crippen molar-refractivity contribution in [2.24, 2.45) is 11.3 Å². The van der Waals surface area contributed by atoms with Crippen molar-refractivity contribution < 1.29 is 14.6 Å². The molecule has 0 aromatic carbocycles. The number of hydrogen-bond donors (Lipinski definition) is 1. The summed E-state index contributed by atoms with van der Waals surface area (Å²) in [5.41, 5.74) is -1.04. The van der Waals surface area contributed by atoms with Gasteiger partial charge in [-0.25, -0.2) is 0 Å².